The number of likely N-dealkylation sites (N-methyl/N-ethyl adjacent to an activating group) is 1. The van der Waals surface area contributed by atoms with Crippen molar-refractivity contribution < 1.29 is 9.59 Å². The van der Waals surface area contributed by atoms with E-state index >= 15 is 0 Å². The third-order valence-corrected chi connectivity index (χ3v) is 4.86. The molecule has 0 radical (unpaired) electrons. The minimum absolute atomic E-state index is 0.00556. The van der Waals surface area contributed by atoms with Crippen molar-refractivity contribution in [3.05, 3.63) is 29.8 Å². The van der Waals surface area contributed by atoms with Crippen LogP contribution >= 0.6 is 11.8 Å². The van der Waals surface area contributed by atoms with E-state index in [0.29, 0.717) is 18.9 Å². The number of thioether (sulfide) groups is 1. The van der Waals surface area contributed by atoms with Gasteiger partial charge in [-0.3, -0.25) is 9.59 Å². The number of nitrogens with zero attached hydrogens (tertiary/aromatic N) is 3. The molecule has 0 saturated carbocycles. The van der Waals surface area contributed by atoms with Crippen LogP contribution in [0.15, 0.2) is 29.3 Å². The lowest BCUT2D eigenvalue weighted by Crippen LogP contribution is -2.43. The van der Waals surface area contributed by atoms with Crippen molar-refractivity contribution in [1.82, 2.24) is 15.5 Å². The number of amides is 2. The number of guanidine groups is 1. The van der Waals surface area contributed by atoms with Crippen molar-refractivity contribution in [2.75, 3.05) is 50.6 Å². The van der Waals surface area contributed by atoms with Gasteiger partial charge in [0.05, 0.1) is 13.1 Å². The second-order valence-corrected chi connectivity index (χ2v) is 7.53. The fourth-order valence-electron chi connectivity index (χ4n) is 2.64. The molecule has 1 aromatic rings. The topological polar surface area (TPSA) is 77.0 Å². The number of benzene rings is 1. The van der Waals surface area contributed by atoms with Gasteiger partial charge in [0.2, 0.25) is 11.8 Å². The summed E-state index contributed by atoms with van der Waals surface area (Å²) < 4.78 is 0. The quantitative estimate of drug-likeness (QED) is 0.397. The van der Waals surface area contributed by atoms with E-state index in [1.807, 2.05) is 35.4 Å². The van der Waals surface area contributed by atoms with Gasteiger partial charge in [0, 0.05) is 45.0 Å². The van der Waals surface area contributed by atoms with E-state index in [1.54, 1.807) is 30.8 Å². The molecule has 0 unspecified atom stereocenters. The highest BCUT2D eigenvalue weighted by Crippen LogP contribution is 2.21. The summed E-state index contributed by atoms with van der Waals surface area (Å²) in [6.07, 6.45) is 3.61. The molecule has 0 atom stereocenters. The van der Waals surface area contributed by atoms with Gasteiger partial charge in [-0.15, -0.1) is 0 Å². The lowest BCUT2D eigenvalue weighted by molar-refractivity contribution is -0.127. The minimum atomic E-state index is -0.00556. The molecule has 1 aliphatic rings. The summed E-state index contributed by atoms with van der Waals surface area (Å²) in [6, 6.07) is 7.93. The summed E-state index contributed by atoms with van der Waals surface area (Å²) in [7, 11) is 3.46. The molecule has 1 saturated heterocycles. The Labute approximate surface area is 165 Å². The molecule has 7 nitrogen and oxygen atoms in total. The maximum Gasteiger partial charge on any atom is 0.241 e. The zero-order chi connectivity index (χ0) is 19.6. The number of hydrogen-bond acceptors (Lipinski definition) is 4. The van der Waals surface area contributed by atoms with Gasteiger partial charge < -0.3 is 20.4 Å². The number of carbonyl (C=O) groups excluding carboxylic acids is 2. The monoisotopic (exact) mass is 391 g/mol. The Balaban J connectivity index is 1.96. The molecule has 2 rings (SSSR count). The van der Waals surface area contributed by atoms with Crippen LogP contribution < -0.4 is 15.5 Å². The predicted octanol–water partition coefficient (Wildman–Crippen LogP) is 1.30. The molecule has 1 aromatic carbocycles. The Morgan fingerprint density at radius 3 is 2.59 bits per heavy atom. The van der Waals surface area contributed by atoms with Crippen LogP contribution in [0.4, 0.5) is 5.69 Å². The lowest BCUT2D eigenvalue weighted by atomic mass is 10.2. The molecule has 1 heterocycles. The van der Waals surface area contributed by atoms with Crippen molar-refractivity contribution in [3.8, 4) is 0 Å². The molecule has 148 valence electrons. The van der Waals surface area contributed by atoms with Gasteiger partial charge in [-0.2, -0.15) is 11.8 Å². The predicted molar refractivity (Wildman–Crippen MR) is 112 cm³/mol. The van der Waals surface area contributed by atoms with Crippen LogP contribution in [0.25, 0.3) is 0 Å². The summed E-state index contributed by atoms with van der Waals surface area (Å²) in [5, 5.41) is 6.32. The van der Waals surface area contributed by atoms with Crippen LogP contribution in [0.3, 0.4) is 0 Å². The number of hydrogen-bond donors (Lipinski definition) is 2. The van der Waals surface area contributed by atoms with Gasteiger partial charge >= 0.3 is 0 Å². The number of carbonyl (C=O) groups is 2. The lowest BCUT2D eigenvalue weighted by Gasteiger charge is -2.16. The fourth-order valence-corrected chi connectivity index (χ4v) is 2.94. The first-order chi connectivity index (χ1) is 13.0. The van der Waals surface area contributed by atoms with Gasteiger partial charge in [0.15, 0.2) is 5.96 Å². The molecule has 0 aliphatic carbocycles. The van der Waals surface area contributed by atoms with Crippen LogP contribution in [0.5, 0.6) is 0 Å². The summed E-state index contributed by atoms with van der Waals surface area (Å²) in [6.45, 7) is 2.27. The van der Waals surface area contributed by atoms with E-state index in [1.165, 1.54) is 0 Å². The van der Waals surface area contributed by atoms with Crippen LogP contribution in [-0.4, -0.2) is 68.4 Å². The standard InChI is InChI=1S/C19H29N5O2S/c1-23(2)18(26)14-22-19(20-10-12-27-3)21-13-15-6-8-16(9-7-15)24-11-4-5-17(24)25/h6-9H,4-5,10-14H2,1-3H3,(H2,20,21,22). The van der Waals surface area contributed by atoms with Gasteiger partial charge in [-0.25, -0.2) is 4.99 Å². The zero-order valence-electron chi connectivity index (χ0n) is 16.3. The summed E-state index contributed by atoms with van der Waals surface area (Å²) in [4.78, 5) is 31.6. The van der Waals surface area contributed by atoms with Crippen LogP contribution in [0.1, 0.15) is 18.4 Å². The Bertz CT molecular complexity index is 661. The summed E-state index contributed by atoms with van der Waals surface area (Å²) in [5.41, 5.74) is 1.99. The Hall–Kier alpha value is -2.22. The zero-order valence-corrected chi connectivity index (χ0v) is 17.1. The molecular weight excluding hydrogens is 362 g/mol. The first kappa shape index (κ1) is 21.1. The number of nitrogens with one attached hydrogen (secondary N) is 2. The minimum Gasteiger partial charge on any atom is -0.356 e. The molecule has 2 amide bonds. The van der Waals surface area contributed by atoms with Crippen molar-refractivity contribution >= 4 is 35.2 Å². The maximum atomic E-state index is 11.8. The van der Waals surface area contributed by atoms with E-state index in [4.69, 9.17) is 0 Å². The van der Waals surface area contributed by atoms with Gasteiger partial charge in [-0.05, 0) is 30.4 Å². The van der Waals surface area contributed by atoms with E-state index in [9.17, 15) is 9.59 Å². The van der Waals surface area contributed by atoms with Gasteiger partial charge in [0.1, 0.15) is 0 Å². The van der Waals surface area contributed by atoms with Crippen LogP contribution in [0.2, 0.25) is 0 Å². The molecular formula is C19H29N5O2S. The van der Waals surface area contributed by atoms with Crippen molar-refractivity contribution in [3.63, 3.8) is 0 Å². The smallest absolute Gasteiger partial charge is 0.241 e. The third-order valence-electron chi connectivity index (χ3n) is 4.25. The van der Waals surface area contributed by atoms with Gasteiger partial charge in [-0.1, -0.05) is 12.1 Å². The van der Waals surface area contributed by atoms with Crippen molar-refractivity contribution in [2.24, 2.45) is 4.99 Å². The molecule has 1 fully saturated rings. The van der Waals surface area contributed by atoms with Crippen LogP contribution in [-0.2, 0) is 16.1 Å². The first-order valence-electron chi connectivity index (χ1n) is 9.12. The van der Waals surface area contributed by atoms with Crippen molar-refractivity contribution in [2.45, 2.75) is 19.4 Å². The molecule has 0 spiro atoms. The normalized spacial score (nSPS) is 14.4. The van der Waals surface area contributed by atoms with E-state index in [0.717, 1.165) is 36.5 Å². The number of rotatable bonds is 8. The summed E-state index contributed by atoms with van der Waals surface area (Å²) >= 11 is 1.75. The SMILES string of the molecule is CSCCNC(=NCc1ccc(N2CCCC2=O)cc1)NCC(=O)N(C)C. The molecule has 2 N–H and O–H groups in total. The Morgan fingerprint density at radius 2 is 2.00 bits per heavy atom. The fraction of sp³-hybridized carbons (Fsp3) is 0.526. The van der Waals surface area contributed by atoms with Gasteiger partial charge in [0.25, 0.3) is 0 Å². The molecule has 1 aliphatic heterocycles. The highest BCUT2D eigenvalue weighted by molar-refractivity contribution is 7.98. The van der Waals surface area contributed by atoms with Crippen molar-refractivity contribution in [1.29, 1.82) is 0 Å². The second kappa shape index (κ2) is 10.8. The molecule has 8 heteroatoms. The Morgan fingerprint density at radius 1 is 1.26 bits per heavy atom. The number of anilines is 1. The highest BCUT2D eigenvalue weighted by Gasteiger charge is 2.21. The van der Waals surface area contributed by atoms with E-state index in [2.05, 4.69) is 15.6 Å². The summed E-state index contributed by atoms with van der Waals surface area (Å²) in [5.74, 6) is 1.77. The maximum absolute atomic E-state index is 11.8. The largest absolute Gasteiger partial charge is 0.356 e. The molecule has 27 heavy (non-hydrogen) atoms. The number of aliphatic imine (C=N–C) groups is 1. The van der Waals surface area contributed by atoms with E-state index < -0.39 is 0 Å². The van der Waals surface area contributed by atoms with Crippen LogP contribution in [0, 0.1) is 0 Å². The average Bonchev–Trinajstić information content (AvgIpc) is 3.09. The Kier molecular flexibility index (Phi) is 8.44. The second-order valence-electron chi connectivity index (χ2n) is 6.54. The van der Waals surface area contributed by atoms with E-state index in [-0.39, 0.29) is 18.4 Å². The molecule has 0 bridgehead atoms. The first-order valence-corrected chi connectivity index (χ1v) is 10.5. The third kappa shape index (κ3) is 6.78. The molecule has 0 aromatic heterocycles. The average molecular weight is 392 g/mol. The highest BCUT2D eigenvalue weighted by atomic mass is 32.2.